The molecule has 2 heterocycles. The molecule has 1 atom stereocenters. The summed E-state index contributed by atoms with van der Waals surface area (Å²) < 4.78 is 11.6. The van der Waals surface area contributed by atoms with Gasteiger partial charge in [-0.1, -0.05) is 75.7 Å². The number of hydrogen-bond acceptors (Lipinski definition) is 6. The Morgan fingerprint density at radius 1 is 0.794 bits per heavy atom. The fourth-order valence-corrected chi connectivity index (χ4v) is 5.87. The van der Waals surface area contributed by atoms with Crippen molar-refractivity contribution >= 4 is 81.5 Å². The van der Waals surface area contributed by atoms with Crippen LogP contribution in [0.4, 0.5) is 0 Å². The van der Waals surface area contributed by atoms with Crippen molar-refractivity contribution in [1.82, 2.24) is 0 Å². The van der Waals surface area contributed by atoms with E-state index in [0.29, 0.717) is 0 Å². The number of fused-ring (bicyclic) bond motifs is 6. The number of rotatable bonds is 1. The summed E-state index contributed by atoms with van der Waals surface area (Å²) in [7, 11) is 0. The fourth-order valence-electron chi connectivity index (χ4n) is 4.17. The second kappa shape index (κ2) is 7.62. The number of hydrogen-bond donors (Lipinski definition) is 3. The zero-order valence-electron chi connectivity index (χ0n) is 16.0. The van der Waals surface area contributed by atoms with Gasteiger partial charge in [-0.15, -0.1) is 0 Å². The van der Waals surface area contributed by atoms with E-state index in [-0.39, 0.29) is 38.0 Å². The number of halogens is 6. The maximum atomic E-state index is 13.0. The SMILES string of the molecule is O=C1OC2(c3c(Cl)cccc31)c1c(Cl)c(Cl)c(O)c(Cl)c1Oc1c(Cl)c(O)c(C(=O)O)c(Cl)c12. The monoisotopic (exact) mass is 580 g/mol. The van der Waals surface area contributed by atoms with Crippen LogP contribution in [0.25, 0.3) is 0 Å². The molecule has 34 heavy (non-hydrogen) atoms. The van der Waals surface area contributed by atoms with Gasteiger partial charge in [-0.05, 0) is 12.1 Å². The number of carbonyl (C=O) groups is 2. The van der Waals surface area contributed by atoms with Crippen LogP contribution in [0.3, 0.4) is 0 Å². The number of aromatic hydroxyl groups is 2. The lowest BCUT2D eigenvalue weighted by atomic mass is 9.76. The van der Waals surface area contributed by atoms with Crippen molar-refractivity contribution in [3.05, 3.63) is 76.2 Å². The minimum atomic E-state index is -2.16. The summed E-state index contributed by atoms with van der Waals surface area (Å²) in [6, 6.07) is 4.36. The molecule has 0 amide bonds. The summed E-state index contributed by atoms with van der Waals surface area (Å²) in [6.45, 7) is 0. The molecule has 2 aliphatic heterocycles. The van der Waals surface area contributed by atoms with E-state index in [9.17, 15) is 24.9 Å². The smallest absolute Gasteiger partial charge is 0.341 e. The number of carboxylic acids is 1. The van der Waals surface area contributed by atoms with Crippen LogP contribution in [0.2, 0.25) is 30.1 Å². The highest BCUT2D eigenvalue weighted by Crippen LogP contribution is 2.66. The molecule has 0 fully saturated rings. The summed E-state index contributed by atoms with van der Waals surface area (Å²) in [4.78, 5) is 25.0. The summed E-state index contributed by atoms with van der Waals surface area (Å²) in [5.41, 5.74) is -3.41. The van der Waals surface area contributed by atoms with Crippen LogP contribution in [0.1, 0.15) is 37.4 Å². The van der Waals surface area contributed by atoms with E-state index in [0.717, 1.165) is 0 Å². The number of carboxylic acid groups (broad SMARTS) is 1. The lowest BCUT2D eigenvalue weighted by Gasteiger charge is -2.39. The molecule has 13 heteroatoms. The van der Waals surface area contributed by atoms with Crippen LogP contribution in [0.15, 0.2) is 18.2 Å². The number of phenolic OH excluding ortho intramolecular Hbond substituents is 1. The van der Waals surface area contributed by atoms with Crippen LogP contribution >= 0.6 is 69.6 Å². The first kappa shape index (κ1) is 23.5. The van der Waals surface area contributed by atoms with Crippen molar-refractivity contribution in [3.8, 4) is 23.0 Å². The minimum Gasteiger partial charge on any atom is -0.505 e. The molecular formula is C21H6Cl6O7. The summed E-state index contributed by atoms with van der Waals surface area (Å²) >= 11 is 38.3. The van der Waals surface area contributed by atoms with Gasteiger partial charge >= 0.3 is 11.9 Å². The molecule has 5 rings (SSSR count). The molecule has 3 aromatic rings. The van der Waals surface area contributed by atoms with Crippen molar-refractivity contribution in [1.29, 1.82) is 0 Å². The molecule has 1 spiro atoms. The molecule has 2 aliphatic rings. The molecule has 0 aromatic heterocycles. The molecule has 0 bridgehead atoms. The average molecular weight is 583 g/mol. The van der Waals surface area contributed by atoms with Gasteiger partial charge in [0.05, 0.1) is 26.7 Å². The van der Waals surface area contributed by atoms with Crippen LogP contribution in [0.5, 0.6) is 23.0 Å². The summed E-state index contributed by atoms with van der Waals surface area (Å²) in [6.07, 6.45) is 0. The van der Waals surface area contributed by atoms with Gasteiger partial charge in [-0.25, -0.2) is 9.59 Å². The maximum absolute atomic E-state index is 13.0. The third-order valence-corrected chi connectivity index (χ3v) is 7.75. The van der Waals surface area contributed by atoms with Crippen LogP contribution in [0, 0.1) is 0 Å². The fraction of sp³-hybridized carbons (Fsp3) is 0.0476. The quantitative estimate of drug-likeness (QED) is 0.204. The van der Waals surface area contributed by atoms with Gasteiger partial charge in [0.2, 0.25) is 5.60 Å². The largest absolute Gasteiger partial charge is 0.505 e. The van der Waals surface area contributed by atoms with Gasteiger partial charge in [0.15, 0.2) is 23.0 Å². The minimum absolute atomic E-state index is 0.000161. The van der Waals surface area contributed by atoms with E-state index in [4.69, 9.17) is 79.1 Å². The zero-order valence-corrected chi connectivity index (χ0v) is 20.5. The van der Waals surface area contributed by atoms with Crippen molar-refractivity contribution in [3.63, 3.8) is 0 Å². The zero-order chi connectivity index (χ0) is 24.9. The van der Waals surface area contributed by atoms with Gasteiger partial charge in [-0.3, -0.25) is 0 Å². The standard InChI is InChI=1S/C21H6Cl6O7/c22-5-3-1-2-4-7(5)21(34-20(4)32)8-10(23)6(19(30)31)15(28)13(26)17(8)33-18-9(21)11(24)12(25)16(29)14(18)27/h1-3,28-29H,(H,30,31). The van der Waals surface area contributed by atoms with Crippen LogP contribution in [-0.2, 0) is 10.3 Å². The molecule has 7 nitrogen and oxygen atoms in total. The van der Waals surface area contributed by atoms with Crippen LogP contribution < -0.4 is 4.74 Å². The van der Waals surface area contributed by atoms with Crippen molar-refractivity contribution in [2.75, 3.05) is 0 Å². The van der Waals surface area contributed by atoms with E-state index in [1.807, 2.05) is 0 Å². The molecule has 3 aromatic carbocycles. The Balaban J connectivity index is 2.10. The molecule has 0 saturated carbocycles. The van der Waals surface area contributed by atoms with Gasteiger partial charge in [0.1, 0.15) is 20.6 Å². The van der Waals surface area contributed by atoms with E-state index >= 15 is 0 Å². The van der Waals surface area contributed by atoms with Crippen molar-refractivity contribution < 1.29 is 34.4 Å². The normalized spacial score (nSPS) is 17.6. The Kier molecular flexibility index (Phi) is 5.26. The first-order chi connectivity index (χ1) is 15.9. The van der Waals surface area contributed by atoms with E-state index < -0.39 is 60.4 Å². The number of phenols is 2. The second-order valence-corrected chi connectivity index (χ2v) is 9.49. The number of esters is 1. The molecule has 0 aliphatic carbocycles. The maximum Gasteiger partial charge on any atom is 0.341 e. The topological polar surface area (TPSA) is 113 Å². The van der Waals surface area contributed by atoms with E-state index in [1.54, 1.807) is 0 Å². The van der Waals surface area contributed by atoms with Gasteiger partial charge in [-0.2, -0.15) is 0 Å². The van der Waals surface area contributed by atoms with E-state index in [1.165, 1.54) is 18.2 Å². The number of aromatic carboxylic acids is 1. The Morgan fingerprint density at radius 3 is 2.00 bits per heavy atom. The molecule has 174 valence electrons. The predicted octanol–water partition coefficient (Wildman–Crippen LogP) is 7.28. The Labute approximate surface area is 219 Å². The summed E-state index contributed by atoms with van der Waals surface area (Å²) in [5, 5.41) is 28.2. The highest BCUT2D eigenvalue weighted by Gasteiger charge is 2.59. The molecular weight excluding hydrogens is 577 g/mol. The lowest BCUT2D eigenvalue weighted by Crippen LogP contribution is -2.35. The molecule has 3 N–H and O–H groups in total. The highest BCUT2D eigenvalue weighted by atomic mass is 35.5. The van der Waals surface area contributed by atoms with Crippen molar-refractivity contribution in [2.24, 2.45) is 0 Å². The van der Waals surface area contributed by atoms with Gasteiger partial charge < -0.3 is 24.8 Å². The lowest BCUT2D eigenvalue weighted by molar-refractivity contribution is 0.0225. The Morgan fingerprint density at radius 2 is 1.38 bits per heavy atom. The van der Waals surface area contributed by atoms with E-state index in [2.05, 4.69) is 0 Å². The number of benzene rings is 3. The molecule has 1 unspecified atom stereocenters. The predicted molar refractivity (Wildman–Crippen MR) is 125 cm³/mol. The number of ether oxygens (including phenoxy) is 2. The van der Waals surface area contributed by atoms with Gasteiger partial charge in [0, 0.05) is 10.6 Å². The summed E-state index contributed by atoms with van der Waals surface area (Å²) in [5.74, 6) is -4.80. The van der Waals surface area contributed by atoms with Crippen molar-refractivity contribution in [2.45, 2.75) is 5.60 Å². The third kappa shape index (κ3) is 2.74. The first-order valence-electron chi connectivity index (χ1n) is 9.02. The Bertz CT molecular complexity index is 1500. The first-order valence-corrected chi connectivity index (χ1v) is 11.3. The Hall–Kier alpha value is -2.26. The number of carbonyl (C=O) groups excluding carboxylic acids is 1. The third-order valence-electron chi connectivity index (χ3n) is 5.52. The molecule has 0 radical (unpaired) electrons. The average Bonchev–Trinajstić information content (AvgIpc) is 3.07. The second-order valence-electron chi connectivity index (χ2n) is 7.19. The van der Waals surface area contributed by atoms with Gasteiger partial charge in [0.25, 0.3) is 0 Å². The highest BCUT2D eigenvalue weighted by molar-refractivity contribution is 6.46. The molecule has 0 saturated heterocycles. The van der Waals surface area contributed by atoms with Crippen LogP contribution in [-0.4, -0.2) is 27.3 Å².